The van der Waals surface area contributed by atoms with Gasteiger partial charge in [-0.15, -0.1) is 0 Å². The monoisotopic (exact) mass is 335 g/mol. The van der Waals surface area contributed by atoms with Crippen LogP contribution in [0.4, 0.5) is 17.1 Å². The van der Waals surface area contributed by atoms with Crippen LogP contribution in [0.25, 0.3) is 0 Å². The molecular weight excluding hydrogens is 317 g/mol. The number of nitrogens with two attached hydrogens (primary N) is 3. The van der Waals surface area contributed by atoms with Crippen molar-refractivity contribution in [1.29, 1.82) is 0 Å². The van der Waals surface area contributed by atoms with E-state index in [1.807, 2.05) is 0 Å². The fourth-order valence-electron chi connectivity index (χ4n) is 2.17. The quantitative estimate of drug-likeness (QED) is 0.472. The molecule has 3 aromatic rings. The van der Waals surface area contributed by atoms with Gasteiger partial charge in [-0.3, -0.25) is 0 Å². The first-order valence-electron chi connectivity index (χ1n) is 7.65. The van der Waals surface area contributed by atoms with Gasteiger partial charge in [-0.2, -0.15) is 0 Å². The van der Waals surface area contributed by atoms with Crippen LogP contribution in [0.5, 0.6) is 17.2 Å². The summed E-state index contributed by atoms with van der Waals surface area (Å²) in [6.07, 6.45) is 0. The van der Waals surface area contributed by atoms with Gasteiger partial charge in [-0.1, -0.05) is 18.2 Å². The third-order valence-corrected chi connectivity index (χ3v) is 3.27. The third kappa shape index (κ3) is 4.75. The third-order valence-electron chi connectivity index (χ3n) is 3.27. The lowest BCUT2D eigenvalue weighted by atomic mass is 10.1. The summed E-state index contributed by atoms with van der Waals surface area (Å²) in [6, 6.07) is 20.9. The molecule has 6 N–H and O–H groups in total. The van der Waals surface area contributed by atoms with E-state index >= 15 is 0 Å². The van der Waals surface area contributed by atoms with Crippen molar-refractivity contribution < 1.29 is 14.0 Å². The Morgan fingerprint density at radius 2 is 0.840 bits per heavy atom. The summed E-state index contributed by atoms with van der Waals surface area (Å²) in [5, 5.41) is 0. The molecule has 3 aromatic carbocycles. The molecule has 126 valence electrons. The molecule has 0 atom stereocenters. The molecule has 0 spiro atoms. The molecular formula is C18H18BN3O3. The van der Waals surface area contributed by atoms with E-state index in [2.05, 4.69) is 0 Å². The van der Waals surface area contributed by atoms with E-state index in [9.17, 15) is 0 Å². The molecule has 0 unspecified atom stereocenters. The summed E-state index contributed by atoms with van der Waals surface area (Å²) in [4.78, 5) is 0. The average molecular weight is 335 g/mol. The Hall–Kier alpha value is -3.48. The lowest BCUT2D eigenvalue weighted by molar-refractivity contribution is 0.307. The van der Waals surface area contributed by atoms with E-state index < -0.39 is 7.32 Å². The molecule has 0 aromatic heterocycles. The standard InChI is InChI=1S/C18H18BN3O3/c20-13-4-1-7-16(10-13)23-19(24-17-8-2-5-14(21)11-17)25-18-9-3-6-15(22)12-18/h1-12H,20-22H2. The van der Waals surface area contributed by atoms with Crippen molar-refractivity contribution in [2.24, 2.45) is 0 Å². The van der Waals surface area contributed by atoms with Gasteiger partial charge in [0.1, 0.15) is 17.2 Å². The fourth-order valence-corrected chi connectivity index (χ4v) is 2.17. The maximum atomic E-state index is 5.78. The normalized spacial score (nSPS) is 10.1. The van der Waals surface area contributed by atoms with Crippen molar-refractivity contribution >= 4 is 24.4 Å². The van der Waals surface area contributed by atoms with E-state index in [-0.39, 0.29) is 0 Å². The second-order valence-electron chi connectivity index (χ2n) is 5.36. The molecule has 0 saturated carbocycles. The number of hydrogen-bond acceptors (Lipinski definition) is 6. The van der Waals surface area contributed by atoms with E-state index in [4.69, 9.17) is 31.2 Å². The number of nitrogen functional groups attached to an aromatic ring is 3. The Labute approximate surface area is 146 Å². The minimum Gasteiger partial charge on any atom is -0.489 e. The average Bonchev–Trinajstić information content (AvgIpc) is 2.55. The topological polar surface area (TPSA) is 106 Å². The first-order chi connectivity index (χ1) is 12.1. The van der Waals surface area contributed by atoms with Gasteiger partial charge in [0.2, 0.25) is 0 Å². The van der Waals surface area contributed by atoms with Crippen LogP contribution in [-0.4, -0.2) is 7.32 Å². The van der Waals surface area contributed by atoms with Crippen molar-refractivity contribution in [2.45, 2.75) is 0 Å². The largest absolute Gasteiger partial charge is 0.864 e. The van der Waals surface area contributed by atoms with Crippen molar-refractivity contribution in [3.8, 4) is 17.2 Å². The van der Waals surface area contributed by atoms with Crippen LogP contribution in [0.2, 0.25) is 0 Å². The van der Waals surface area contributed by atoms with E-state index in [1.54, 1.807) is 72.8 Å². The number of benzene rings is 3. The molecule has 7 heteroatoms. The van der Waals surface area contributed by atoms with Crippen molar-refractivity contribution in [3.05, 3.63) is 72.8 Å². The summed E-state index contributed by atoms with van der Waals surface area (Å²) in [7, 11) is -1.05. The maximum Gasteiger partial charge on any atom is 0.864 e. The zero-order chi connectivity index (χ0) is 17.6. The van der Waals surface area contributed by atoms with Crippen LogP contribution in [-0.2, 0) is 0 Å². The van der Waals surface area contributed by atoms with Crippen LogP contribution in [0.15, 0.2) is 72.8 Å². The maximum absolute atomic E-state index is 5.78. The highest BCUT2D eigenvalue weighted by atomic mass is 16.7. The Morgan fingerprint density at radius 3 is 1.12 bits per heavy atom. The van der Waals surface area contributed by atoms with Crippen LogP contribution < -0.4 is 31.2 Å². The van der Waals surface area contributed by atoms with Crippen LogP contribution in [0, 0.1) is 0 Å². The van der Waals surface area contributed by atoms with Crippen molar-refractivity contribution in [2.75, 3.05) is 17.2 Å². The minimum absolute atomic E-state index is 0.512. The van der Waals surface area contributed by atoms with Crippen LogP contribution in [0.1, 0.15) is 0 Å². The van der Waals surface area contributed by atoms with Gasteiger partial charge in [0.15, 0.2) is 0 Å². The Balaban J connectivity index is 1.82. The van der Waals surface area contributed by atoms with Gasteiger partial charge in [0, 0.05) is 35.3 Å². The molecule has 3 rings (SSSR count). The Bertz CT molecular complexity index is 747. The molecule has 0 saturated heterocycles. The molecule has 0 radical (unpaired) electrons. The fraction of sp³-hybridized carbons (Fsp3) is 0. The van der Waals surface area contributed by atoms with Gasteiger partial charge in [0.25, 0.3) is 0 Å². The highest BCUT2D eigenvalue weighted by Gasteiger charge is 2.30. The smallest absolute Gasteiger partial charge is 0.489 e. The summed E-state index contributed by atoms with van der Waals surface area (Å²) in [6.45, 7) is 0. The van der Waals surface area contributed by atoms with E-state index in [0.717, 1.165) is 0 Å². The highest BCUT2D eigenvalue weighted by molar-refractivity contribution is 6.39. The first kappa shape index (κ1) is 16.4. The SMILES string of the molecule is Nc1cccc(OB(Oc2cccc(N)c2)Oc2cccc(N)c2)c1. The number of rotatable bonds is 6. The van der Waals surface area contributed by atoms with Gasteiger partial charge >= 0.3 is 7.32 Å². The molecule has 0 fully saturated rings. The van der Waals surface area contributed by atoms with Gasteiger partial charge in [-0.25, -0.2) is 0 Å². The van der Waals surface area contributed by atoms with Crippen molar-refractivity contribution in [1.82, 2.24) is 0 Å². The van der Waals surface area contributed by atoms with E-state index in [1.165, 1.54) is 0 Å². The lowest BCUT2D eigenvalue weighted by Gasteiger charge is -2.17. The van der Waals surface area contributed by atoms with Gasteiger partial charge in [0.05, 0.1) is 0 Å². The number of hydrogen-bond donors (Lipinski definition) is 3. The summed E-state index contributed by atoms with van der Waals surface area (Å²) in [5.41, 5.74) is 19.1. The number of anilines is 3. The van der Waals surface area contributed by atoms with Crippen LogP contribution >= 0.6 is 0 Å². The van der Waals surface area contributed by atoms with Gasteiger partial charge < -0.3 is 31.2 Å². The first-order valence-corrected chi connectivity index (χ1v) is 7.65. The lowest BCUT2D eigenvalue weighted by Crippen LogP contribution is -2.37. The second kappa shape index (κ2) is 7.40. The van der Waals surface area contributed by atoms with Crippen LogP contribution in [0.3, 0.4) is 0 Å². The summed E-state index contributed by atoms with van der Waals surface area (Å²) in [5.74, 6) is 1.54. The molecule has 0 heterocycles. The Morgan fingerprint density at radius 1 is 0.520 bits per heavy atom. The predicted molar refractivity (Wildman–Crippen MR) is 100 cm³/mol. The molecule has 25 heavy (non-hydrogen) atoms. The minimum atomic E-state index is -1.05. The molecule has 0 bridgehead atoms. The molecule has 0 aliphatic heterocycles. The zero-order valence-corrected chi connectivity index (χ0v) is 13.5. The van der Waals surface area contributed by atoms with Crippen molar-refractivity contribution in [3.63, 3.8) is 0 Å². The zero-order valence-electron chi connectivity index (χ0n) is 13.5. The molecule has 0 aliphatic carbocycles. The molecule has 6 nitrogen and oxygen atoms in total. The second-order valence-corrected chi connectivity index (χ2v) is 5.36. The van der Waals surface area contributed by atoms with E-state index in [0.29, 0.717) is 34.3 Å². The van der Waals surface area contributed by atoms with Gasteiger partial charge in [-0.05, 0) is 36.4 Å². The summed E-state index contributed by atoms with van der Waals surface area (Å²) < 4.78 is 17.3. The summed E-state index contributed by atoms with van der Waals surface area (Å²) >= 11 is 0. The molecule has 0 amide bonds. The predicted octanol–water partition coefficient (Wildman–Crippen LogP) is 2.95. The highest BCUT2D eigenvalue weighted by Crippen LogP contribution is 2.22. The Kier molecular flexibility index (Phi) is 4.85. The molecule has 0 aliphatic rings.